The Balaban J connectivity index is 2.09. The monoisotopic (exact) mass is 544 g/mol. The first-order valence-corrected chi connectivity index (χ1v) is 26.7. The topological polar surface area (TPSA) is 18.5 Å². The fourth-order valence-electron chi connectivity index (χ4n) is 5.34. The van der Waals surface area contributed by atoms with Crippen LogP contribution >= 0.6 is 0 Å². The van der Waals surface area contributed by atoms with E-state index in [1.54, 1.807) is 24.3 Å². The molecule has 33 heavy (non-hydrogen) atoms. The number of rotatable bonds is 6. The molecule has 0 aliphatic heterocycles. The van der Waals surface area contributed by atoms with Gasteiger partial charge in [0.2, 0.25) is 0 Å². The second-order valence-electron chi connectivity index (χ2n) is 11.5. The molecule has 4 rings (SSSR count). The van der Waals surface area contributed by atoms with Crippen molar-refractivity contribution in [3.63, 3.8) is 0 Å². The third-order valence-corrected chi connectivity index (χ3v) is 34.6. The fourth-order valence-corrected chi connectivity index (χ4v) is 26.6. The first-order chi connectivity index (χ1) is 15.2. The van der Waals surface area contributed by atoms with Gasteiger partial charge in [0, 0.05) is 0 Å². The molecule has 2 nitrogen and oxygen atoms in total. The Labute approximate surface area is 191 Å². The summed E-state index contributed by atoms with van der Waals surface area (Å²) in [5.41, 5.74) is 3.62. The van der Waals surface area contributed by atoms with E-state index in [9.17, 15) is 8.78 Å². The van der Waals surface area contributed by atoms with E-state index in [1.165, 1.54) is 35.4 Å². The Morgan fingerprint density at radius 3 is 1.61 bits per heavy atom. The fraction of sp³-hybridized carbons (Fsp3) is 0.259. The molecule has 0 spiro atoms. The van der Waals surface area contributed by atoms with Crippen molar-refractivity contribution in [2.45, 2.75) is 42.9 Å². The van der Waals surface area contributed by atoms with E-state index in [0.717, 1.165) is 18.6 Å². The summed E-state index contributed by atoms with van der Waals surface area (Å²) in [6, 6.07) is 12.3. The van der Waals surface area contributed by atoms with Crippen molar-refractivity contribution in [3.05, 3.63) is 102 Å². The third kappa shape index (κ3) is 3.76. The number of hydrogen-bond donors (Lipinski definition) is 0. The van der Waals surface area contributed by atoms with Crippen LogP contribution in [0.25, 0.3) is 0 Å². The Morgan fingerprint density at radius 1 is 0.758 bits per heavy atom. The van der Waals surface area contributed by atoms with Gasteiger partial charge in [-0.1, -0.05) is 0 Å². The first-order valence-electron chi connectivity index (χ1n) is 11.4. The van der Waals surface area contributed by atoms with Gasteiger partial charge in [0.25, 0.3) is 0 Å². The van der Waals surface area contributed by atoms with E-state index in [4.69, 9.17) is 5.63 Å². The molecule has 0 aromatic heterocycles. The van der Waals surface area contributed by atoms with Crippen molar-refractivity contribution in [1.29, 1.82) is 0 Å². The van der Waals surface area contributed by atoms with Crippen molar-refractivity contribution in [2.75, 3.05) is 0 Å². The van der Waals surface area contributed by atoms with Crippen LogP contribution in [0.15, 0.2) is 90.0 Å². The summed E-state index contributed by atoms with van der Waals surface area (Å²) in [4.78, 5) is 0. The summed E-state index contributed by atoms with van der Waals surface area (Å²) in [6.07, 6.45) is 8.01. The van der Waals surface area contributed by atoms with Gasteiger partial charge in [-0.15, -0.1) is 0 Å². The molecular formula is C27H32F2O2SiZr. The number of halogens is 2. The molecule has 2 aliphatic rings. The summed E-state index contributed by atoms with van der Waals surface area (Å²) in [7, 11) is 0. The molecule has 0 amide bonds. The molecule has 0 N–H and O–H groups in total. The van der Waals surface area contributed by atoms with Crippen molar-refractivity contribution in [1.82, 2.24) is 0 Å². The van der Waals surface area contributed by atoms with Crippen LogP contribution in [0.4, 0.5) is 8.78 Å². The minimum absolute atomic E-state index is 0.325. The summed E-state index contributed by atoms with van der Waals surface area (Å²) in [5, 5.41) is 0. The normalized spacial score (nSPS) is 19.6. The molecule has 0 fully saturated rings. The number of hydrogen-bond acceptors (Lipinski definition) is 2. The molecule has 0 saturated heterocycles. The summed E-state index contributed by atoms with van der Waals surface area (Å²) >= 11 is -6.11. The van der Waals surface area contributed by atoms with E-state index in [0.29, 0.717) is 17.9 Å². The molecule has 6 heteroatoms. The molecule has 0 atom stereocenters. The van der Waals surface area contributed by atoms with Crippen LogP contribution in [0.2, 0.25) is 9.26 Å². The van der Waals surface area contributed by atoms with Gasteiger partial charge in [-0.05, 0) is 0 Å². The Bertz CT molecular complexity index is 1360. The first kappa shape index (κ1) is 24.1. The van der Waals surface area contributed by atoms with Crippen LogP contribution in [0.5, 0.6) is 11.5 Å². The van der Waals surface area contributed by atoms with Gasteiger partial charge >= 0.3 is 193 Å². The van der Waals surface area contributed by atoms with Crippen molar-refractivity contribution in [3.8, 4) is 11.5 Å². The minimum atomic E-state index is -6.11. The third-order valence-electron chi connectivity index (χ3n) is 7.85. The standard InChI is InChI=1S/C7H9.2C6H5FO.C6H7.2CH3.H2Si.Zr/c1-6-4-3-5-7(6)2;2*7-5-1-3-6(8)4-2-5;1-6-4-2-3-5-6;;;;/h4H,5H2,1-2H3;2*1-4,8H;4-5H,2H2,1H3;2*1H3;1H2;/q;;;;;;;+2/p-2. The average Bonchev–Trinajstić information content (AvgIpc) is 3.34. The van der Waals surface area contributed by atoms with Crippen LogP contribution < -0.4 is 5.63 Å². The molecule has 0 bridgehead atoms. The molecule has 2 aromatic rings. The van der Waals surface area contributed by atoms with Gasteiger partial charge in [-0.2, -0.15) is 0 Å². The Morgan fingerprint density at radius 2 is 1.24 bits per heavy atom. The summed E-state index contributed by atoms with van der Waals surface area (Å²) in [5.74, 6) is 0.450. The molecule has 0 radical (unpaired) electrons. The second-order valence-corrected chi connectivity index (χ2v) is 52.7. The van der Waals surface area contributed by atoms with Crippen LogP contribution in [-0.2, 0) is 15.3 Å². The van der Waals surface area contributed by atoms with E-state index >= 15 is 0 Å². The number of benzene rings is 2. The Hall–Kier alpha value is -2.04. The Kier molecular flexibility index (Phi) is 4.94. The van der Waals surface area contributed by atoms with Gasteiger partial charge < -0.3 is 0 Å². The molecular weight excluding hydrogens is 514 g/mol. The van der Waals surface area contributed by atoms with E-state index < -0.39 is 15.3 Å². The average molecular weight is 546 g/mol. The maximum absolute atomic E-state index is 13.8. The zero-order valence-corrected chi connectivity index (χ0v) is 23.9. The predicted octanol–water partition coefficient (Wildman–Crippen LogP) is 7.52. The van der Waals surface area contributed by atoms with Crippen molar-refractivity contribution in [2.24, 2.45) is 0 Å². The predicted molar refractivity (Wildman–Crippen MR) is 132 cm³/mol. The van der Waals surface area contributed by atoms with Gasteiger partial charge in [-0.25, -0.2) is 0 Å². The molecule has 0 unspecified atom stereocenters. The van der Waals surface area contributed by atoms with Gasteiger partial charge in [-0.3, -0.25) is 0 Å². The van der Waals surface area contributed by atoms with Crippen LogP contribution in [0.1, 0.15) is 33.6 Å². The van der Waals surface area contributed by atoms with E-state index in [-0.39, 0.29) is 11.6 Å². The van der Waals surface area contributed by atoms with Gasteiger partial charge in [0.05, 0.1) is 0 Å². The van der Waals surface area contributed by atoms with E-state index in [1.807, 2.05) is 6.88 Å². The van der Waals surface area contributed by atoms with Crippen LogP contribution in [0.3, 0.4) is 0 Å². The zero-order chi connectivity index (χ0) is 24.2. The summed E-state index contributed by atoms with van der Waals surface area (Å²) < 4.78 is 48.7. The molecule has 0 saturated carbocycles. The van der Waals surface area contributed by atoms with E-state index in [2.05, 4.69) is 48.3 Å². The summed E-state index contributed by atoms with van der Waals surface area (Å²) in [6.45, 7) is 8.15. The number of allylic oxidation sites excluding steroid dienone is 8. The zero-order valence-electron chi connectivity index (χ0n) is 20.0. The molecule has 174 valence electrons. The van der Waals surface area contributed by atoms with Gasteiger partial charge in [0.1, 0.15) is 0 Å². The molecule has 0 heterocycles. The second kappa shape index (κ2) is 6.76. The molecule has 2 aliphatic carbocycles. The quantitative estimate of drug-likeness (QED) is 0.350. The van der Waals surface area contributed by atoms with Crippen molar-refractivity contribution >= 4 is 6.88 Å². The van der Waals surface area contributed by atoms with Crippen molar-refractivity contribution < 1.29 is 29.7 Å². The van der Waals surface area contributed by atoms with Crippen LogP contribution in [0, 0.1) is 11.6 Å². The maximum atomic E-state index is 13.8. The SMILES string of the molecule is CC1=CC[C]([Zr]([CH3])([CH3])(=[SiH2])([O]c2ccc(F)cc2)([O]c2ccc(F)cc2)[C]2=CC(C)=C(C)C2)=C1. The van der Waals surface area contributed by atoms with Gasteiger partial charge in [0.15, 0.2) is 0 Å². The van der Waals surface area contributed by atoms with Crippen LogP contribution in [-0.4, -0.2) is 6.88 Å². The molecule has 2 aromatic carbocycles.